The van der Waals surface area contributed by atoms with Crippen molar-refractivity contribution in [3.8, 4) is 0 Å². The summed E-state index contributed by atoms with van der Waals surface area (Å²) in [5, 5.41) is 10.5. The van der Waals surface area contributed by atoms with Crippen molar-refractivity contribution in [2.75, 3.05) is 26.2 Å². The maximum Gasteiger partial charge on any atom is 0.433 e. The molecule has 0 unspecified atom stereocenters. The molecular weight excluding hydrogens is 262 g/mol. The highest BCUT2D eigenvalue weighted by Crippen LogP contribution is 2.20. The zero-order valence-electron chi connectivity index (χ0n) is 11.5. The zero-order chi connectivity index (χ0) is 14.4. The molecule has 0 spiro atoms. The summed E-state index contributed by atoms with van der Waals surface area (Å²) < 4.78 is 10.9. The SMILES string of the molecule is NCCCOC1CCN(Cc2ccc([N+](=O)[O-])o2)CC1. The summed E-state index contributed by atoms with van der Waals surface area (Å²) >= 11 is 0. The standard InChI is InChI=1S/C13H21N3O4/c14-6-1-9-19-11-4-7-15(8-5-11)10-12-2-3-13(20-12)16(17)18/h2-3,11H,1,4-10,14H2. The Morgan fingerprint density at radius 3 is 2.80 bits per heavy atom. The number of likely N-dealkylation sites (tertiary alicyclic amines) is 1. The van der Waals surface area contributed by atoms with Crippen LogP contribution in [-0.2, 0) is 11.3 Å². The van der Waals surface area contributed by atoms with E-state index in [0.717, 1.165) is 39.0 Å². The molecule has 1 aliphatic rings. The quantitative estimate of drug-likeness (QED) is 0.463. The van der Waals surface area contributed by atoms with Crippen molar-refractivity contribution in [1.29, 1.82) is 0 Å². The van der Waals surface area contributed by atoms with Crippen molar-refractivity contribution >= 4 is 5.88 Å². The first kappa shape index (κ1) is 15.0. The monoisotopic (exact) mass is 283 g/mol. The Labute approximate surface area is 117 Å². The molecule has 2 N–H and O–H groups in total. The van der Waals surface area contributed by atoms with E-state index in [0.29, 0.717) is 25.0 Å². The minimum atomic E-state index is -0.513. The summed E-state index contributed by atoms with van der Waals surface area (Å²) in [5.41, 5.74) is 5.43. The first-order valence-corrected chi connectivity index (χ1v) is 6.96. The van der Waals surface area contributed by atoms with Crippen LogP contribution in [0.2, 0.25) is 0 Å². The molecule has 0 saturated carbocycles. The van der Waals surface area contributed by atoms with E-state index < -0.39 is 4.92 Å². The number of nitrogens with zero attached hydrogens (tertiary/aromatic N) is 2. The third-order valence-corrected chi connectivity index (χ3v) is 3.44. The van der Waals surface area contributed by atoms with Crippen LogP contribution in [0.15, 0.2) is 16.5 Å². The van der Waals surface area contributed by atoms with Gasteiger partial charge in [-0.15, -0.1) is 0 Å². The predicted molar refractivity (Wildman–Crippen MR) is 73.3 cm³/mol. The Kier molecular flexibility index (Phi) is 5.51. The lowest BCUT2D eigenvalue weighted by molar-refractivity contribution is -0.402. The molecule has 1 aliphatic heterocycles. The maximum atomic E-state index is 10.5. The van der Waals surface area contributed by atoms with Crippen molar-refractivity contribution in [1.82, 2.24) is 4.90 Å². The average molecular weight is 283 g/mol. The van der Waals surface area contributed by atoms with Crippen LogP contribution in [0.5, 0.6) is 0 Å². The van der Waals surface area contributed by atoms with Gasteiger partial charge in [-0.2, -0.15) is 0 Å². The lowest BCUT2D eigenvalue weighted by Crippen LogP contribution is -2.36. The van der Waals surface area contributed by atoms with Crippen LogP contribution in [0.3, 0.4) is 0 Å². The van der Waals surface area contributed by atoms with Gasteiger partial charge in [-0.25, -0.2) is 0 Å². The van der Waals surface area contributed by atoms with Crippen LogP contribution in [-0.4, -0.2) is 42.2 Å². The third-order valence-electron chi connectivity index (χ3n) is 3.44. The molecule has 1 fully saturated rings. The van der Waals surface area contributed by atoms with E-state index in [2.05, 4.69) is 4.90 Å². The molecule has 20 heavy (non-hydrogen) atoms. The Bertz CT molecular complexity index is 427. The van der Waals surface area contributed by atoms with Gasteiger partial charge in [0.05, 0.1) is 18.7 Å². The van der Waals surface area contributed by atoms with Gasteiger partial charge in [0.2, 0.25) is 0 Å². The highest BCUT2D eigenvalue weighted by molar-refractivity contribution is 5.17. The fourth-order valence-corrected chi connectivity index (χ4v) is 2.34. The van der Waals surface area contributed by atoms with Crippen molar-refractivity contribution in [2.45, 2.75) is 31.9 Å². The Hall–Kier alpha value is -1.44. The summed E-state index contributed by atoms with van der Waals surface area (Å²) in [6.45, 7) is 3.84. The Morgan fingerprint density at radius 2 is 2.20 bits per heavy atom. The number of hydrogen-bond acceptors (Lipinski definition) is 6. The van der Waals surface area contributed by atoms with Crippen LogP contribution in [0.1, 0.15) is 25.0 Å². The van der Waals surface area contributed by atoms with Gasteiger partial charge in [-0.1, -0.05) is 0 Å². The van der Waals surface area contributed by atoms with Gasteiger partial charge in [-0.3, -0.25) is 15.0 Å². The number of piperidine rings is 1. The molecule has 2 heterocycles. The van der Waals surface area contributed by atoms with Crippen LogP contribution >= 0.6 is 0 Å². The minimum absolute atomic E-state index is 0.194. The number of hydrogen-bond donors (Lipinski definition) is 1. The molecule has 0 amide bonds. The van der Waals surface area contributed by atoms with Crippen molar-refractivity contribution in [3.05, 3.63) is 28.0 Å². The van der Waals surface area contributed by atoms with E-state index in [1.165, 1.54) is 6.07 Å². The summed E-state index contributed by atoms with van der Waals surface area (Å²) in [7, 11) is 0. The molecule has 0 bridgehead atoms. The van der Waals surface area contributed by atoms with E-state index in [1.54, 1.807) is 6.07 Å². The maximum absolute atomic E-state index is 10.5. The molecule has 1 saturated heterocycles. The fourth-order valence-electron chi connectivity index (χ4n) is 2.34. The molecular formula is C13H21N3O4. The Balaban J connectivity index is 1.72. The molecule has 0 aromatic carbocycles. The largest absolute Gasteiger partial charge is 0.433 e. The van der Waals surface area contributed by atoms with E-state index in [9.17, 15) is 10.1 Å². The molecule has 112 valence electrons. The number of nitro groups is 1. The molecule has 1 aromatic heterocycles. The van der Waals surface area contributed by atoms with E-state index >= 15 is 0 Å². The predicted octanol–water partition coefficient (Wildman–Crippen LogP) is 1.52. The number of nitrogens with two attached hydrogens (primary N) is 1. The first-order chi connectivity index (χ1) is 9.69. The number of furan rings is 1. The van der Waals surface area contributed by atoms with Gasteiger partial charge >= 0.3 is 5.88 Å². The lowest BCUT2D eigenvalue weighted by Gasteiger charge is -2.31. The fraction of sp³-hybridized carbons (Fsp3) is 0.692. The highest BCUT2D eigenvalue weighted by atomic mass is 16.6. The van der Waals surface area contributed by atoms with E-state index in [4.69, 9.17) is 14.9 Å². The molecule has 7 heteroatoms. The molecule has 2 rings (SSSR count). The van der Waals surface area contributed by atoms with Crippen LogP contribution < -0.4 is 5.73 Å². The smallest absolute Gasteiger partial charge is 0.404 e. The number of rotatable bonds is 7. The second kappa shape index (κ2) is 7.37. The third kappa shape index (κ3) is 4.29. The summed E-state index contributed by atoms with van der Waals surface area (Å²) in [6, 6.07) is 3.07. The van der Waals surface area contributed by atoms with Gasteiger partial charge in [0.15, 0.2) is 0 Å². The van der Waals surface area contributed by atoms with Gasteiger partial charge in [0.25, 0.3) is 0 Å². The van der Waals surface area contributed by atoms with Crippen LogP contribution in [0.25, 0.3) is 0 Å². The van der Waals surface area contributed by atoms with Crippen molar-refractivity contribution < 1.29 is 14.1 Å². The lowest BCUT2D eigenvalue weighted by atomic mass is 10.1. The average Bonchev–Trinajstić information content (AvgIpc) is 2.90. The van der Waals surface area contributed by atoms with Gasteiger partial charge < -0.3 is 14.9 Å². The highest BCUT2D eigenvalue weighted by Gasteiger charge is 2.21. The number of ether oxygens (including phenoxy) is 1. The van der Waals surface area contributed by atoms with Gasteiger partial charge in [0, 0.05) is 19.7 Å². The van der Waals surface area contributed by atoms with Gasteiger partial charge in [-0.05, 0) is 31.9 Å². The van der Waals surface area contributed by atoms with Crippen LogP contribution in [0, 0.1) is 10.1 Å². The van der Waals surface area contributed by atoms with Gasteiger partial charge in [0.1, 0.15) is 10.7 Å². The summed E-state index contributed by atoms with van der Waals surface area (Å²) in [4.78, 5) is 12.3. The molecule has 0 atom stereocenters. The van der Waals surface area contributed by atoms with Crippen molar-refractivity contribution in [2.24, 2.45) is 5.73 Å². The van der Waals surface area contributed by atoms with E-state index in [-0.39, 0.29) is 5.88 Å². The second-order valence-corrected chi connectivity index (χ2v) is 4.99. The topological polar surface area (TPSA) is 94.8 Å². The van der Waals surface area contributed by atoms with Crippen molar-refractivity contribution in [3.63, 3.8) is 0 Å². The molecule has 7 nitrogen and oxygen atoms in total. The second-order valence-electron chi connectivity index (χ2n) is 4.99. The molecule has 0 aliphatic carbocycles. The molecule has 0 radical (unpaired) electrons. The normalized spacial score (nSPS) is 17.4. The summed E-state index contributed by atoms with van der Waals surface area (Å²) in [6.07, 6.45) is 3.17. The van der Waals surface area contributed by atoms with E-state index in [1.807, 2.05) is 0 Å². The minimum Gasteiger partial charge on any atom is -0.404 e. The first-order valence-electron chi connectivity index (χ1n) is 6.96. The Morgan fingerprint density at radius 1 is 1.45 bits per heavy atom. The molecule has 1 aromatic rings. The van der Waals surface area contributed by atoms with Crippen LogP contribution in [0.4, 0.5) is 5.88 Å². The summed E-state index contributed by atoms with van der Waals surface area (Å²) in [5.74, 6) is 0.444. The zero-order valence-corrected chi connectivity index (χ0v) is 11.5.